The van der Waals surface area contributed by atoms with Crippen LogP contribution in [0.5, 0.6) is 5.75 Å². The Balaban J connectivity index is 1.86. The number of nitrogens with one attached hydrogen (secondary N) is 1. The summed E-state index contributed by atoms with van der Waals surface area (Å²) in [5, 5.41) is 2.96. The first-order valence-corrected chi connectivity index (χ1v) is 14.9. The van der Waals surface area contributed by atoms with E-state index in [4.69, 9.17) is 4.74 Å². The van der Waals surface area contributed by atoms with Crippen molar-refractivity contribution in [3.05, 3.63) is 83.9 Å². The normalized spacial score (nSPS) is 12.6. The van der Waals surface area contributed by atoms with Crippen molar-refractivity contribution in [1.82, 2.24) is 5.32 Å². The number of hydrogen-bond acceptors (Lipinski definition) is 5. The average molecular weight is 541 g/mol. The fourth-order valence-electron chi connectivity index (χ4n) is 3.84. The van der Waals surface area contributed by atoms with E-state index in [0.29, 0.717) is 18.0 Å². The maximum Gasteiger partial charge on any atom is 0.264 e. The minimum absolute atomic E-state index is 0.0333. The van der Waals surface area contributed by atoms with Gasteiger partial charge in [-0.25, -0.2) is 8.42 Å². The number of carbonyl (C=O) groups is 1. The molecule has 0 aliphatic heterocycles. The van der Waals surface area contributed by atoms with Crippen LogP contribution in [0.2, 0.25) is 0 Å². The van der Waals surface area contributed by atoms with Crippen LogP contribution in [0.15, 0.2) is 82.6 Å². The third-order valence-electron chi connectivity index (χ3n) is 6.02. The fraction of sp³-hybridized carbons (Fsp3) is 0.345. The predicted molar refractivity (Wildman–Crippen MR) is 152 cm³/mol. The van der Waals surface area contributed by atoms with Crippen LogP contribution < -0.4 is 14.4 Å². The average Bonchev–Trinajstić information content (AvgIpc) is 2.87. The minimum Gasteiger partial charge on any atom is -0.494 e. The molecule has 0 spiro atoms. The van der Waals surface area contributed by atoms with Crippen molar-refractivity contribution in [1.29, 1.82) is 0 Å². The molecule has 1 atom stereocenters. The number of amides is 1. The van der Waals surface area contributed by atoms with Gasteiger partial charge in [0.05, 0.1) is 23.2 Å². The number of rotatable bonds is 10. The molecule has 8 heteroatoms. The molecule has 198 valence electrons. The molecule has 0 unspecified atom stereocenters. The number of nitrogens with zero attached hydrogens (tertiary/aromatic N) is 1. The number of anilines is 1. The summed E-state index contributed by atoms with van der Waals surface area (Å²) in [6, 6.07) is 21.2. The van der Waals surface area contributed by atoms with E-state index in [0.717, 1.165) is 14.8 Å². The predicted octanol–water partition coefficient (Wildman–Crippen LogP) is 6.18. The summed E-state index contributed by atoms with van der Waals surface area (Å²) in [7, 11) is -4.00. The Morgan fingerprint density at radius 3 is 2.08 bits per heavy atom. The van der Waals surface area contributed by atoms with Crippen LogP contribution in [0.25, 0.3) is 0 Å². The Kier molecular flexibility index (Phi) is 9.31. The van der Waals surface area contributed by atoms with E-state index in [9.17, 15) is 13.2 Å². The Morgan fingerprint density at radius 1 is 0.973 bits per heavy atom. The lowest BCUT2D eigenvalue weighted by atomic mass is 9.86. The van der Waals surface area contributed by atoms with Crippen molar-refractivity contribution in [3.8, 4) is 5.75 Å². The molecule has 37 heavy (non-hydrogen) atoms. The van der Waals surface area contributed by atoms with Crippen molar-refractivity contribution in [2.75, 3.05) is 23.7 Å². The van der Waals surface area contributed by atoms with Gasteiger partial charge in [0.1, 0.15) is 12.3 Å². The molecule has 0 saturated heterocycles. The first-order chi connectivity index (χ1) is 17.5. The summed E-state index contributed by atoms with van der Waals surface area (Å²) >= 11 is 1.53. The number of carbonyl (C=O) groups excluding carboxylic acids is 1. The van der Waals surface area contributed by atoms with Gasteiger partial charge >= 0.3 is 0 Å². The molecule has 0 saturated carbocycles. The summed E-state index contributed by atoms with van der Waals surface area (Å²) in [4.78, 5) is 14.2. The number of benzene rings is 3. The molecule has 1 N–H and O–H groups in total. The van der Waals surface area contributed by atoms with E-state index in [1.54, 1.807) is 48.5 Å². The van der Waals surface area contributed by atoms with Crippen LogP contribution in [0.3, 0.4) is 0 Å². The molecular weight excluding hydrogens is 504 g/mol. The maximum atomic E-state index is 13.7. The van der Waals surface area contributed by atoms with E-state index in [2.05, 4.69) is 38.2 Å². The lowest BCUT2D eigenvalue weighted by molar-refractivity contribution is -0.120. The highest BCUT2D eigenvalue weighted by Gasteiger charge is 2.28. The zero-order valence-corrected chi connectivity index (χ0v) is 23.9. The molecule has 0 aliphatic rings. The second-order valence-corrected chi connectivity index (χ2v) is 12.5. The largest absolute Gasteiger partial charge is 0.494 e. The van der Waals surface area contributed by atoms with Gasteiger partial charge in [-0.05, 0) is 85.2 Å². The van der Waals surface area contributed by atoms with Crippen molar-refractivity contribution in [3.63, 3.8) is 0 Å². The minimum atomic E-state index is -4.00. The SMILES string of the molecule is CCOc1ccc(N(CC(=O)N[C@H](C)c2ccc(C(C)(C)C)cc2)S(=O)(=O)c2ccc(SC)cc2)cc1. The highest BCUT2D eigenvalue weighted by molar-refractivity contribution is 7.98. The van der Waals surface area contributed by atoms with Crippen LogP contribution in [-0.4, -0.2) is 33.7 Å². The molecule has 6 nitrogen and oxygen atoms in total. The van der Waals surface area contributed by atoms with E-state index in [1.807, 2.05) is 32.2 Å². The lowest BCUT2D eigenvalue weighted by Gasteiger charge is -2.25. The fourth-order valence-corrected chi connectivity index (χ4v) is 5.67. The van der Waals surface area contributed by atoms with E-state index in [1.165, 1.54) is 17.3 Å². The van der Waals surface area contributed by atoms with E-state index in [-0.39, 0.29) is 22.9 Å². The van der Waals surface area contributed by atoms with Crippen LogP contribution >= 0.6 is 11.8 Å². The quantitative estimate of drug-likeness (QED) is 0.311. The first kappa shape index (κ1) is 28.6. The van der Waals surface area contributed by atoms with Crippen LogP contribution in [-0.2, 0) is 20.2 Å². The van der Waals surface area contributed by atoms with Gasteiger partial charge in [-0.2, -0.15) is 0 Å². The monoisotopic (exact) mass is 540 g/mol. The molecule has 3 aromatic rings. The number of hydrogen-bond donors (Lipinski definition) is 1. The third kappa shape index (κ3) is 7.29. The summed E-state index contributed by atoms with van der Waals surface area (Å²) < 4.78 is 34.0. The number of ether oxygens (including phenoxy) is 1. The van der Waals surface area contributed by atoms with Crippen molar-refractivity contribution >= 4 is 33.4 Å². The van der Waals surface area contributed by atoms with Gasteiger partial charge in [-0.1, -0.05) is 45.0 Å². The Morgan fingerprint density at radius 2 is 1.57 bits per heavy atom. The molecule has 0 aliphatic carbocycles. The summed E-state index contributed by atoms with van der Waals surface area (Å²) in [6.07, 6.45) is 1.93. The summed E-state index contributed by atoms with van der Waals surface area (Å²) in [5.41, 5.74) is 2.57. The summed E-state index contributed by atoms with van der Waals surface area (Å²) in [6.45, 7) is 10.4. The van der Waals surface area contributed by atoms with Crippen molar-refractivity contribution in [2.45, 2.75) is 55.9 Å². The van der Waals surface area contributed by atoms with Crippen LogP contribution in [0, 0.1) is 0 Å². The number of thioether (sulfide) groups is 1. The van der Waals surface area contributed by atoms with Crippen LogP contribution in [0.4, 0.5) is 5.69 Å². The van der Waals surface area contributed by atoms with Gasteiger partial charge in [-0.15, -0.1) is 11.8 Å². The van der Waals surface area contributed by atoms with Gasteiger partial charge in [0.15, 0.2) is 0 Å². The second-order valence-electron chi connectivity index (χ2n) is 9.78. The molecule has 3 aromatic carbocycles. The summed E-state index contributed by atoms with van der Waals surface area (Å²) in [5.74, 6) is 0.232. The molecule has 0 heterocycles. The van der Waals surface area contributed by atoms with Crippen molar-refractivity contribution < 1.29 is 17.9 Å². The molecule has 0 bridgehead atoms. The van der Waals surface area contributed by atoms with Gasteiger partial charge in [0, 0.05) is 4.90 Å². The van der Waals surface area contributed by atoms with E-state index >= 15 is 0 Å². The van der Waals surface area contributed by atoms with Gasteiger partial charge in [0.25, 0.3) is 10.0 Å². The molecule has 1 amide bonds. The van der Waals surface area contributed by atoms with Gasteiger partial charge in [0.2, 0.25) is 5.91 Å². The lowest BCUT2D eigenvalue weighted by Crippen LogP contribution is -2.41. The van der Waals surface area contributed by atoms with Crippen LogP contribution in [0.1, 0.15) is 51.8 Å². The molecule has 0 fully saturated rings. The van der Waals surface area contributed by atoms with Gasteiger partial charge < -0.3 is 10.1 Å². The first-order valence-electron chi connectivity index (χ1n) is 12.2. The third-order valence-corrected chi connectivity index (χ3v) is 8.56. The Bertz CT molecular complexity index is 1280. The second kappa shape index (κ2) is 12.0. The highest BCUT2D eigenvalue weighted by Crippen LogP contribution is 2.28. The maximum absolute atomic E-state index is 13.7. The molecule has 0 radical (unpaired) electrons. The Labute approximate surface area is 225 Å². The topological polar surface area (TPSA) is 75.7 Å². The van der Waals surface area contributed by atoms with Gasteiger partial charge in [-0.3, -0.25) is 9.10 Å². The molecular formula is C29H36N2O4S2. The molecule has 0 aromatic heterocycles. The Hall–Kier alpha value is -2.97. The zero-order chi connectivity index (χ0) is 27.2. The standard InChI is InChI=1S/C29H36N2O4S2/c1-7-35-25-14-12-24(13-15-25)31(37(33,34)27-18-16-26(36-6)17-19-27)20-28(32)30-21(2)22-8-10-23(11-9-22)29(3,4)5/h8-19,21H,7,20H2,1-6H3,(H,30,32)/t21-/m1/s1. The molecule has 3 rings (SSSR count). The van der Waals surface area contributed by atoms with Crippen molar-refractivity contribution in [2.24, 2.45) is 0 Å². The number of sulfonamides is 1. The smallest absolute Gasteiger partial charge is 0.264 e. The van der Waals surface area contributed by atoms with E-state index < -0.39 is 15.9 Å². The highest BCUT2D eigenvalue weighted by atomic mass is 32.2. The zero-order valence-electron chi connectivity index (χ0n) is 22.3.